The van der Waals surface area contributed by atoms with Gasteiger partial charge in [0.2, 0.25) is 0 Å². The summed E-state index contributed by atoms with van der Waals surface area (Å²) in [5.74, 6) is 3.00. The Bertz CT molecular complexity index is 634. The van der Waals surface area contributed by atoms with Crippen molar-refractivity contribution in [3.05, 3.63) is 47.2 Å². The van der Waals surface area contributed by atoms with Gasteiger partial charge in [0.25, 0.3) is 0 Å². The molecular formula is C24H34O3. The number of hydrogen-bond acceptors (Lipinski definition) is 3. The normalized spacial score (nSPS) is 24.9. The maximum Gasteiger partial charge on any atom is 0.338 e. The van der Waals surface area contributed by atoms with Crippen molar-refractivity contribution in [1.29, 1.82) is 0 Å². The highest BCUT2D eigenvalue weighted by Gasteiger charge is 2.35. The van der Waals surface area contributed by atoms with E-state index in [1.54, 1.807) is 5.57 Å². The fourth-order valence-corrected chi connectivity index (χ4v) is 4.53. The smallest absolute Gasteiger partial charge is 0.338 e. The van der Waals surface area contributed by atoms with Crippen LogP contribution in [0.1, 0.15) is 75.6 Å². The van der Waals surface area contributed by atoms with Crippen LogP contribution < -0.4 is 0 Å². The average Bonchev–Trinajstić information content (AvgIpc) is 2.72. The minimum Gasteiger partial charge on any atom is -0.497 e. The Hall–Kier alpha value is -1.77. The zero-order valence-electron chi connectivity index (χ0n) is 16.9. The molecule has 27 heavy (non-hydrogen) atoms. The van der Waals surface area contributed by atoms with Crippen molar-refractivity contribution in [2.45, 2.75) is 65.2 Å². The van der Waals surface area contributed by atoms with E-state index in [0.717, 1.165) is 19.4 Å². The highest BCUT2D eigenvalue weighted by molar-refractivity contribution is 5.89. The molecule has 0 radical (unpaired) electrons. The summed E-state index contributed by atoms with van der Waals surface area (Å²) in [6.45, 7) is 5.93. The first-order valence-electron chi connectivity index (χ1n) is 10.8. The van der Waals surface area contributed by atoms with Crippen LogP contribution in [-0.2, 0) is 9.47 Å². The van der Waals surface area contributed by atoms with Crippen molar-refractivity contribution in [3.8, 4) is 0 Å². The lowest BCUT2D eigenvalue weighted by Gasteiger charge is -2.39. The molecular weight excluding hydrogens is 336 g/mol. The minimum absolute atomic E-state index is 0.208. The van der Waals surface area contributed by atoms with E-state index in [4.69, 9.17) is 9.47 Å². The second kappa shape index (κ2) is 9.96. The number of fused-ring (bicyclic) bond motifs is 1. The molecule has 3 atom stereocenters. The molecule has 1 saturated heterocycles. The van der Waals surface area contributed by atoms with E-state index >= 15 is 0 Å². The molecule has 3 nitrogen and oxygen atoms in total. The molecule has 1 heterocycles. The summed E-state index contributed by atoms with van der Waals surface area (Å²) in [6.07, 6.45) is 9.35. The van der Waals surface area contributed by atoms with E-state index in [-0.39, 0.29) is 5.97 Å². The number of allylic oxidation sites excluding steroid dienone is 2. The Morgan fingerprint density at radius 2 is 1.93 bits per heavy atom. The van der Waals surface area contributed by atoms with Gasteiger partial charge in [0.1, 0.15) is 0 Å². The Morgan fingerprint density at radius 3 is 2.67 bits per heavy atom. The second-order valence-electron chi connectivity index (χ2n) is 8.19. The first-order chi connectivity index (χ1) is 13.2. The van der Waals surface area contributed by atoms with Gasteiger partial charge < -0.3 is 9.47 Å². The number of rotatable bonds is 8. The Balaban J connectivity index is 1.56. The fourth-order valence-electron chi connectivity index (χ4n) is 4.53. The average molecular weight is 371 g/mol. The van der Waals surface area contributed by atoms with Gasteiger partial charge in [-0.25, -0.2) is 4.79 Å². The zero-order chi connectivity index (χ0) is 19.1. The van der Waals surface area contributed by atoms with Crippen molar-refractivity contribution in [2.24, 2.45) is 17.8 Å². The van der Waals surface area contributed by atoms with E-state index in [9.17, 15) is 4.79 Å². The monoisotopic (exact) mass is 370 g/mol. The molecule has 1 fully saturated rings. The van der Waals surface area contributed by atoms with Gasteiger partial charge in [0, 0.05) is 5.92 Å². The SMILES string of the molecule is CCCCC1=C2OCC(CC)CC2CC(CCOC(=O)c2ccccc2)C1. The van der Waals surface area contributed by atoms with Crippen LogP contribution in [0.5, 0.6) is 0 Å². The molecule has 2 aliphatic rings. The molecule has 3 heteroatoms. The molecule has 0 bridgehead atoms. The molecule has 0 spiro atoms. The van der Waals surface area contributed by atoms with Crippen LogP contribution in [0.4, 0.5) is 0 Å². The third kappa shape index (κ3) is 5.37. The summed E-state index contributed by atoms with van der Waals surface area (Å²) < 4.78 is 11.8. The van der Waals surface area contributed by atoms with E-state index in [1.807, 2.05) is 30.3 Å². The summed E-state index contributed by atoms with van der Waals surface area (Å²) >= 11 is 0. The molecule has 0 aromatic heterocycles. The van der Waals surface area contributed by atoms with E-state index in [0.29, 0.717) is 29.9 Å². The van der Waals surface area contributed by atoms with Gasteiger partial charge in [0.15, 0.2) is 0 Å². The van der Waals surface area contributed by atoms with Crippen LogP contribution in [0.2, 0.25) is 0 Å². The standard InChI is InChI=1S/C24H34O3/c1-3-5-9-21-15-19(16-22-14-18(4-2)17-27-23(21)22)12-13-26-24(25)20-10-7-6-8-11-20/h6-8,10-11,18-19,22H,3-5,9,12-17H2,1-2H3. The van der Waals surface area contributed by atoms with Crippen LogP contribution >= 0.6 is 0 Å². The number of hydrogen-bond donors (Lipinski definition) is 0. The fraction of sp³-hybridized carbons (Fsp3) is 0.625. The lowest BCUT2D eigenvalue weighted by molar-refractivity contribution is 0.0401. The van der Waals surface area contributed by atoms with Crippen LogP contribution in [0.15, 0.2) is 41.7 Å². The van der Waals surface area contributed by atoms with Gasteiger partial charge >= 0.3 is 5.97 Å². The number of esters is 1. The van der Waals surface area contributed by atoms with Gasteiger partial charge in [-0.15, -0.1) is 0 Å². The number of carbonyl (C=O) groups excluding carboxylic acids is 1. The summed E-state index contributed by atoms with van der Waals surface area (Å²) in [5, 5.41) is 0. The first-order valence-corrected chi connectivity index (χ1v) is 10.8. The summed E-state index contributed by atoms with van der Waals surface area (Å²) in [4.78, 5) is 12.2. The van der Waals surface area contributed by atoms with Crippen LogP contribution in [0.3, 0.4) is 0 Å². The predicted molar refractivity (Wildman–Crippen MR) is 108 cm³/mol. The first kappa shape index (κ1) is 20.0. The van der Waals surface area contributed by atoms with E-state index < -0.39 is 0 Å². The van der Waals surface area contributed by atoms with Gasteiger partial charge in [-0.2, -0.15) is 0 Å². The van der Waals surface area contributed by atoms with Gasteiger partial charge in [-0.3, -0.25) is 0 Å². The summed E-state index contributed by atoms with van der Waals surface area (Å²) in [7, 11) is 0. The summed E-state index contributed by atoms with van der Waals surface area (Å²) in [6, 6.07) is 9.28. The molecule has 0 N–H and O–H groups in total. The largest absolute Gasteiger partial charge is 0.497 e. The molecule has 1 aliphatic carbocycles. The third-order valence-corrected chi connectivity index (χ3v) is 6.14. The Morgan fingerprint density at radius 1 is 1.15 bits per heavy atom. The van der Waals surface area contributed by atoms with Crippen molar-refractivity contribution < 1.29 is 14.3 Å². The highest BCUT2D eigenvalue weighted by atomic mass is 16.5. The lowest BCUT2D eigenvalue weighted by atomic mass is 9.73. The van der Waals surface area contributed by atoms with Crippen molar-refractivity contribution in [1.82, 2.24) is 0 Å². The van der Waals surface area contributed by atoms with Crippen LogP contribution in [0, 0.1) is 17.8 Å². The summed E-state index contributed by atoms with van der Waals surface area (Å²) in [5.41, 5.74) is 2.18. The number of unbranched alkanes of at least 4 members (excludes halogenated alkanes) is 1. The molecule has 0 amide bonds. The predicted octanol–water partition coefficient (Wildman–Crippen LogP) is 6.15. The number of ether oxygens (including phenoxy) is 2. The van der Waals surface area contributed by atoms with Gasteiger partial charge in [-0.05, 0) is 68.1 Å². The third-order valence-electron chi connectivity index (χ3n) is 6.14. The zero-order valence-corrected chi connectivity index (χ0v) is 16.9. The number of benzene rings is 1. The molecule has 1 aromatic carbocycles. The van der Waals surface area contributed by atoms with Crippen molar-refractivity contribution >= 4 is 5.97 Å². The van der Waals surface area contributed by atoms with Crippen LogP contribution in [-0.4, -0.2) is 19.2 Å². The highest BCUT2D eigenvalue weighted by Crippen LogP contribution is 2.44. The lowest BCUT2D eigenvalue weighted by Crippen LogP contribution is -2.30. The molecule has 0 saturated carbocycles. The maximum atomic E-state index is 12.2. The molecule has 148 valence electrons. The van der Waals surface area contributed by atoms with E-state index in [1.165, 1.54) is 44.3 Å². The maximum absolute atomic E-state index is 12.2. The van der Waals surface area contributed by atoms with Gasteiger partial charge in [-0.1, -0.05) is 44.9 Å². The molecule has 3 rings (SSSR count). The second-order valence-corrected chi connectivity index (χ2v) is 8.19. The Kier molecular flexibility index (Phi) is 7.37. The van der Waals surface area contributed by atoms with Crippen LogP contribution in [0.25, 0.3) is 0 Å². The number of carbonyl (C=O) groups is 1. The van der Waals surface area contributed by atoms with Crippen molar-refractivity contribution in [2.75, 3.05) is 13.2 Å². The molecule has 1 aliphatic heterocycles. The quantitative estimate of drug-likeness (QED) is 0.515. The van der Waals surface area contributed by atoms with Gasteiger partial charge in [0.05, 0.1) is 24.5 Å². The molecule has 1 aromatic rings. The minimum atomic E-state index is -0.208. The topological polar surface area (TPSA) is 35.5 Å². The molecule has 3 unspecified atom stereocenters. The van der Waals surface area contributed by atoms with E-state index in [2.05, 4.69) is 13.8 Å². The van der Waals surface area contributed by atoms with Crippen molar-refractivity contribution in [3.63, 3.8) is 0 Å². The Labute approximate surface area is 164 Å².